The molecule has 0 bridgehead atoms. The number of carbonyl (C=O) groups excluding carboxylic acids is 2. The highest BCUT2D eigenvalue weighted by Crippen LogP contribution is 2.09. The van der Waals surface area contributed by atoms with Crippen LogP contribution in [0.4, 0.5) is 0 Å². The molecule has 3 nitrogen and oxygen atoms in total. The lowest BCUT2D eigenvalue weighted by Crippen LogP contribution is -2.26. The van der Waals surface area contributed by atoms with Crippen molar-refractivity contribution in [2.75, 3.05) is 6.54 Å². The highest BCUT2D eigenvalue weighted by Gasteiger charge is 1.99. The van der Waals surface area contributed by atoms with E-state index < -0.39 is 5.91 Å². The van der Waals surface area contributed by atoms with Crippen LogP contribution in [0, 0.1) is 0 Å². The molecule has 1 aromatic carbocycles. The van der Waals surface area contributed by atoms with E-state index in [1.807, 2.05) is 12.1 Å². The molecular formula is C14H19NO2. The van der Waals surface area contributed by atoms with Gasteiger partial charge in [0.1, 0.15) is 0 Å². The van der Waals surface area contributed by atoms with E-state index in [1.54, 1.807) is 0 Å². The van der Waals surface area contributed by atoms with Gasteiger partial charge in [-0.05, 0) is 30.4 Å². The fraction of sp³-hybridized carbons (Fsp3) is 0.429. The number of unbranched alkanes of at least 4 members (excludes halogenated alkanes) is 1. The molecule has 1 N–H and O–H groups in total. The van der Waals surface area contributed by atoms with Crippen molar-refractivity contribution in [2.24, 2.45) is 0 Å². The predicted octanol–water partition coefficient (Wildman–Crippen LogP) is 1.89. The summed E-state index contributed by atoms with van der Waals surface area (Å²) in [7, 11) is 0. The average Bonchev–Trinajstić information content (AvgIpc) is 2.36. The molecule has 0 aliphatic carbocycles. The number of nitrogens with one attached hydrogen (secondary N) is 1. The maximum Gasteiger partial charge on any atom is 0.284 e. The van der Waals surface area contributed by atoms with E-state index in [4.69, 9.17) is 0 Å². The number of aldehydes is 1. The Morgan fingerprint density at radius 1 is 1.29 bits per heavy atom. The topological polar surface area (TPSA) is 46.2 Å². The van der Waals surface area contributed by atoms with Crippen LogP contribution in [0.15, 0.2) is 24.3 Å². The maximum absolute atomic E-state index is 10.7. The lowest BCUT2D eigenvalue weighted by Gasteiger charge is -2.05. The predicted molar refractivity (Wildman–Crippen MR) is 67.8 cm³/mol. The molecule has 0 atom stereocenters. The third-order valence-electron chi connectivity index (χ3n) is 2.63. The summed E-state index contributed by atoms with van der Waals surface area (Å²) in [6, 6.07) is 8.39. The quantitative estimate of drug-likeness (QED) is 0.577. The standard InChI is InChI=1S/C14H19NO2/c1-2-3-5-12-6-4-7-13(10-12)8-9-15-14(17)11-16/h4,6-7,10-11H,2-3,5,8-9H2,1H3,(H,15,17). The fourth-order valence-corrected chi connectivity index (χ4v) is 1.69. The van der Waals surface area contributed by atoms with Crippen LogP contribution >= 0.6 is 0 Å². The highest BCUT2D eigenvalue weighted by molar-refractivity contribution is 6.23. The van der Waals surface area contributed by atoms with E-state index >= 15 is 0 Å². The number of aryl methyl sites for hydroxylation is 1. The zero-order chi connectivity index (χ0) is 12.5. The summed E-state index contributed by atoms with van der Waals surface area (Å²) >= 11 is 0. The molecule has 0 radical (unpaired) electrons. The molecule has 0 unspecified atom stereocenters. The number of rotatable bonds is 7. The molecule has 0 aliphatic heterocycles. The zero-order valence-corrected chi connectivity index (χ0v) is 10.2. The molecule has 1 aromatic rings. The first-order valence-electron chi connectivity index (χ1n) is 6.07. The Bertz CT molecular complexity index is 374. The highest BCUT2D eigenvalue weighted by atomic mass is 16.2. The first-order valence-corrected chi connectivity index (χ1v) is 6.07. The molecule has 0 saturated carbocycles. The van der Waals surface area contributed by atoms with Crippen LogP contribution < -0.4 is 5.32 Å². The van der Waals surface area contributed by atoms with Crippen LogP contribution in [-0.4, -0.2) is 18.7 Å². The summed E-state index contributed by atoms with van der Waals surface area (Å²) in [5.41, 5.74) is 2.54. The van der Waals surface area contributed by atoms with Crippen molar-refractivity contribution in [1.29, 1.82) is 0 Å². The van der Waals surface area contributed by atoms with Crippen LogP contribution in [0.1, 0.15) is 30.9 Å². The van der Waals surface area contributed by atoms with Gasteiger partial charge in [0.05, 0.1) is 0 Å². The van der Waals surface area contributed by atoms with Gasteiger partial charge < -0.3 is 5.32 Å². The van der Waals surface area contributed by atoms with Crippen molar-refractivity contribution in [2.45, 2.75) is 32.6 Å². The third kappa shape index (κ3) is 5.29. The normalized spacial score (nSPS) is 9.94. The summed E-state index contributed by atoms with van der Waals surface area (Å²) in [4.78, 5) is 20.8. The van der Waals surface area contributed by atoms with E-state index in [1.165, 1.54) is 24.0 Å². The molecule has 92 valence electrons. The Labute approximate surface area is 102 Å². The summed E-state index contributed by atoms with van der Waals surface area (Å²) in [6.07, 6.45) is 4.56. The summed E-state index contributed by atoms with van der Waals surface area (Å²) in [5.74, 6) is -0.549. The van der Waals surface area contributed by atoms with Crippen molar-refractivity contribution < 1.29 is 9.59 Å². The zero-order valence-electron chi connectivity index (χ0n) is 10.2. The van der Waals surface area contributed by atoms with E-state index in [0.717, 1.165) is 12.8 Å². The van der Waals surface area contributed by atoms with Crippen molar-refractivity contribution in [1.82, 2.24) is 5.32 Å². The van der Waals surface area contributed by atoms with Crippen LogP contribution in [0.25, 0.3) is 0 Å². The van der Waals surface area contributed by atoms with Gasteiger partial charge in [0.2, 0.25) is 6.29 Å². The Balaban J connectivity index is 2.42. The molecule has 1 rings (SSSR count). The van der Waals surface area contributed by atoms with Gasteiger partial charge in [0.25, 0.3) is 5.91 Å². The monoisotopic (exact) mass is 233 g/mol. The van der Waals surface area contributed by atoms with E-state index in [-0.39, 0.29) is 0 Å². The molecule has 0 spiro atoms. The van der Waals surface area contributed by atoms with Gasteiger partial charge in [-0.3, -0.25) is 9.59 Å². The first kappa shape index (κ1) is 13.4. The van der Waals surface area contributed by atoms with Gasteiger partial charge in [-0.1, -0.05) is 37.6 Å². The lowest BCUT2D eigenvalue weighted by atomic mass is 10.0. The number of benzene rings is 1. The van der Waals surface area contributed by atoms with Crippen molar-refractivity contribution >= 4 is 12.2 Å². The van der Waals surface area contributed by atoms with Crippen molar-refractivity contribution in [3.63, 3.8) is 0 Å². The van der Waals surface area contributed by atoms with Crippen LogP contribution in [0.5, 0.6) is 0 Å². The Morgan fingerprint density at radius 3 is 2.65 bits per heavy atom. The average molecular weight is 233 g/mol. The molecule has 0 fully saturated rings. The molecular weight excluding hydrogens is 214 g/mol. The number of amides is 1. The number of hydrogen-bond donors (Lipinski definition) is 1. The Hall–Kier alpha value is -1.64. The van der Waals surface area contributed by atoms with Crippen molar-refractivity contribution in [3.05, 3.63) is 35.4 Å². The van der Waals surface area contributed by atoms with Gasteiger partial charge >= 0.3 is 0 Å². The third-order valence-corrected chi connectivity index (χ3v) is 2.63. The van der Waals surface area contributed by atoms with Gasteiger partial charge in [-0.2, -0.15) is 0 Å². The van der Waals surface area contributed by atoms with Gasteiger partial charge in [0.15, 0.2) is 0 Å². The van der Waals surface area contributed by atoms with Crippen molar-refractivity contribution in [3.8, 4) is 0 Å². The minimum Gasteiger partial charge on any atom is -0.349 e. The molecule has 0 aromatic heterocycles. The Morgan fingerprint density at radius 2 is 2.00 bits per heavy atom. The SMILES string of the molecule is CCCCc1cccc(CCNC(=O)C=O)c1. The first-order chi connectivity index (χ1) is 8.26. The second-order valence-electron chi connectivity index (χ2n) is 4.08. The summed E-state index contributed by atoms with van der Waals surface area (Å²) < 4.78 is 0. The lowest BCUT2D eigenvalue weighted by molar-refractivity contribution is -0.131. The molecule has 3 heteroatoms. The van der Waals surface area contributed by atoms with Gasteiger partial charge in [-0.25, -0.2) is 0 Å². The second-order valence-corrected chi connectivity index (χ2v) is 4.08. The minimum atomic E-state index is -0.549. The minimum absolute atomic E-state index is 0.303. The molecule has 0 aliphatic rings. The Kier molecular flexibility index (Phi) is 6.00. The van der Waals surface area contributed by atoms with Crippen LogP contribution in [0.3, 0.4) is 0 Å². The summed E-state index contributed by atoms with van der Waals surface area (Å²) in [5, 5.41) is 2.54. The largest absolute Gasteiger partial charge is 0.349 e. The molecule has 0 saturated heterocycles. The molecule has 0 heterocycles. The summed E-state index contributed by atoms with van der Waals surface area (Å²) in [6.45, 7) is 2.69. The van der Waals surface area contributed by atoms with Crippen LogP contribution in [-0.2, 0) is 22.4 Å². The van der Waals surface area contributed by atoms with E-state index in [2.05, 4.69) is 24.4 Å². The second kappa shape index (κ2) is 7.60. The van der Waals surface area contributed by atoms with Gasteiger partial charge in [-0.15, -0.1) is 0 Å². The fourth-order valence-electron chi connectivity index (χ4n) is 1.69. The molecule has 1 amide bonds. The maximum atomic E-state index is 10.7. The van der Waals surface area contributed by atoms with Crippen LogP contribution in [0.2, 0.25) is 0 Å². The number of hydrogen-bond acceptors (Lipinski definition) is 2. The van der Waals surface area contributed by atoms with E-state index in [9.17, 15) is 9.59 Å². The smallest absolute Gasteiger partial charge is 0.284 e. The van der Waals surface area contributed by atoms with Gasteiger partial charge in [0, 0.05) is 6.54 Å². The number of carbonyl (C=O) groups is 2. The van der Waals surface area contributed by atoms with E-state index in [0.29, 0.717) is 12.8 Å². The molecule has 17 heavy (non-hydrogen) atoms.